The number of nitrogens with one attached hydrogen (secondary N) is 1. The number of aryl methyl sites for hydroxylation is 1. The van der Waals surface area contributed by atoms with Crippen molar-refractivity contribution in [3.63, 3.8) is 0 Å². The summed E-state index contributed by atoms with van der Waals surface area (Å²) in [5.41, 5.74) is 3.54. The van der Waals surface area contributed by atoms with Crippen molar-refractivity contribution in [2.45, 2.75) is 25.8 Å². The Morgan fingerprint density at radius 3 is 2.43 bits per heavy atom. The third-order valence-corrected chi connectivity index (χ3v) is 4.19. The molecule has 3 heteroatoms. The second-order valence-electron chi connectivity index (χ2n) is 5.74. The molecule has 0 unspecified atom stereocenters. The van der Waals surface area contributed by atoms with E-state index in [-0.39, 0.29) is 0 Å². The third-order valence-electron chi connectivity index (χ3n) is 4.19. The van der Waals surface area contributed by atoms with Crippen molar-refractivity contribution >= 4 is 11.4 Å². The van der Waals surface area contributed by atoms with Crippen LogP contribution in [-0.2, 0) is 0 Å². The first-order valence-corrected chi connectivity index (χ1v) is 7.58. The summed E-state index contributed by atoms with van der Waals surface area (Å²) in [6, 6.07) is 16.6. The van der Waals surface area contributed by atoms with Gasteiger partial charge in [-0.15, -0.1) is 0 Å². The molecule has 0 saturated carbocycles. The highest BCUT2D eigenvalue weighted by Crippen LogP contribution is 2.25. The second kappa shape index (κ2) is 6.08. The Morgan fingerprint density at radius 1 is 1.05 bits per heavy atom. The van der Waals surface area contributed by atoms with Crippen molar-refractivity contribution in [2.24, 2.45) is 0 Å². The number of benzene rings is 2. The number of phenols is 1. The van der Waals surface area contributed by atoms with Gasteiger partial charge in [0.25, 0.3) is 0 Å². The number of hydrogen-bond acceptors (Lipinski definition) is 3. The molecule has 1 fully saturated rings. The zero-order valence-corrected chi connectivity index (χ0v) is 12.4. The monoisotopic (exact) mass is 282 g/mol. The minimum atomic E-state index is 0.331. The van der Waals surface area contributed by atoms with E-state index in [1.165, 1.54) is 5.69 Å². The molecule has 21 heavy (non-hydrogen) atoms. The molecule has 3 nitrogen and oxygen atoms in total. The summed E-state index contributed by atoms with van der Waals surface area (Å²) in [4.78, 5) is 2.45. The molecule has 2 aromatic rings. The maximum Gasteiger partial charge on any atom is 0.115 e. The lowest BCUT2D eigenvalue weighted by Crippen LogP contribution is -2.39. The Morgan fingerprint density at radius 2 is 1.76 bits per heavy atom. The molecule has 3 rings (SSSR count). The number of anilines is 2. The van der Waals surface area contributed by atoms with Gasteiger partial charge in [0.1, 0.15) is 5.75 Å². The van der Waals surface area contributed by atoms with Crippen molar-refractivity contribution in [3.8, 4) is 5.75 Å². The van der Waals surface area contributed by atoms with Crippen LogP contribution in [0, 0.1) is 6.92 Å². The third kappa shape index (κ3) is 3.30. The fourth-order valence-corrected chi connectivity index (χ4v) is 2.95. The van der Waals surface area contributed by atoms with Gasteiger partial charge < -0.3 is 15.3 Å². The van der Waals surface area contributed by atoms with Gasteiger partial charge in [-0.1, -0.05) is 18.2 Å². The van der Waals surface area contributed by atoms with Crippen molar-refractivity contribution in [3.05, 3.63) is 54.1 Å². The number of phenolic OH excluding ortho intramolecular Hbond substituents is 1. The van der Waals surface area contributed by atoms with Gasteiger partial charge in [-0.3, -0.25) is 0 Å². The minimum Gasteiger partial charge on any atom is -0.508 e. The van der Waals surface area contributed by atoms with E-state index >= 15 is 0 Å². The molecule has 1 saturated heterocycles. The number of nitrogens with zero attached hydrogens (tertiary/aromatic N) is 1. The van der Waals surface area contributed by atoms with Crippen molar-refractivity contribution < 1.29 is 5.11 Å². The highest BCUT2D eigenvalue weighted by Gasteiger charge is 2.19. The van der Waals surface area contributed by atoms with Crippen LogP contribution in [0.3, 0.4) is 0 Å². The second-order valence-corrected chi connectivity index (χ2v) is 5.74. The molecular weight excluding hydrogens is 260 g/mol. The fraction of sp³-hybridized carbons (Fsp3) is 0.333. The van der Waals surface area contributed by atoms with Gasteiger partial charge in [0.05, 0.1) is 0 Å². The first-order valence-electron chi connectivity index (χ1n) is 7.58. The minimum absolute atomic E-state index is 0.331. The summed E-state index contributed by atoms with van der Waals surface area (Å²) in [5.74, 6) is 0.331. The van der Waals surface area contributed by atoms with E-state index in [2.05, 4.69) is 40.5 Å². The Kier molecular flexibility index (Phi) is 4.00. The zero-order chi connectivity index (χ0) is 14.7. The summed E-state index contributed by atoms with van der Waals surface area (Å²) < 4.78 is 0. The lowest BCUT2D eigenvalue weighted by molar-refractivity contribution is 0.475. The Balaban J connectivity index is 1.59. The predicted molar refractivity (Wildman–Crippen MR) is 88.1 cm³/mol. The van der Waals surface area contributed by atoms with Crippen LogP contribution in [0.1, 0.15) is 18.4 Å². The molecule has 1 aliphatic rings. The van der Waals surface area contributed by atoms with Gasteiger partial charge in [-0.2, -0.15) is 0 Å². The average Bonchev–Trinajstić information content (AvgIpc) is 2.52. The molecular formula is C18H22N2O. The number of aromatic hydroxyl groups is 1. The van der Waals surface area contributed by atoms with Crippen molar-refractivity contribution in [1.82, 2.24) is 0 Å². The number of hydrogen-bond donors (Lipinski definition) is 2. The van der Waals surface area contributed by atoms with E-state index in [1.54, 1.807) is 12.1 Å². The van der Waals surface area contributed by atoms with Crippen molar-refractivity contribution in [2.75, 3.05) is 23.3 Å². The van der Waals surface area contributed by atoms with Gasteiger partial charge in [-0.05, 0) is 55.7 Å². The molecule has 110 valence electrons. The molecule has 0 bridgehead atoms. The molecule has 0 atom stereocenters. The number of piperidine rings is 1. The maximum absolute atomic E-state index is 9.47. The zero-order valence-electron chi connectivity index (χ0n) is 12.4. The molecule has 1 aliphatic heterocycles. The van der Waals surface area contributed by atoms with Crippen LogP contribution < -0.4 is 10.2 Å². The highest BCUT2D eigenvalue weighted by molar-refractivity contribution is 5.54. The molecule has 0 radical (unpaired) electrons. The first-order chi connectivity index (χ1) is 10.2. The molecule has 2 N–H and O–H groups in total. The van der Waals surface area contributed by atoms with Gasteiger partial charge in [0.15, 0.2) is 0 Å². The topological polar surface area (TPSA) is 35.5 Å². The lowest BCUT2D eigenvalue weighted by Gasteiger charge is -2.34. The van der Waals surface area contributed by atoms with Crippen LogP contribution in [0.25, 0.3) is 0 Å². The lowest BCUT2D eigenvalue weighted by atomic mass is 10.0. The first kappa shape index (κ1) is 13.8. The van der Waals surface area contributed by atoms with Crippen LogP contribution in [0.4, 0.5) is 11.4 Å². The molecule has 2 aromatic carbocycles. The van der Waals surface area contributed by atoms with E-state index in [4.69, 9.17) is 0 Å². The Hall–Kier alpha value is -2.16. The fourth-order valence-electron chi connectivity index (χ4n) is 2.95. The van der Waals surface area contributed by atoms with E-state index in [0.717, 1.165) is 37.2 Å². The summed E-state index contributed by atoms with van der Waals surface area (Å²) >= 11 is 0. The summed E-state index contributed by atoms with van der Waals surface area (Å²) in [5, 5.41) is 13.1. The number of rotatable bonds is 3. The van der Waals surface area contributed by atoms with Crippen LogP contribution in [0.2, 0.25) is 0 Å². The normalized spacial score (nSPS) is 16.0. The standard InChI is InChI=1S/C18H22N2O/c1-14-13-17(21)7-8-18(14)19-15-9-11-20(12-10-15)16-5-3-2-4-6-16/h2-8,13,15,19,21H,9-12H2,1H3. The van der Waals surface area contributed by atoms with Crippen LogP contribution >= 0.6 is 0 Å². The quantitative estimate of drug-likeness (QED) is 0.841. The Labute approximate surface area is 126 Å². The van der Waals surface area contributed by atoms with Gasteiger partial charge in [-0.25, -0.2) is 0 Å². The average molecular weight is 282 g/mol. The molecule has 0 amide bonds. The summed E-state index contributed by atoms with van der Waals surface area (Å²) in [7, 11) is 0. The van der Waals surface area contributed by atoms with Crippen LogP contribution in [0.5, 0.6) is 5.75 Å². The smallest absolute Gasteiger partial charge is 0.115 e. The predicted octanol–water partition coefficient (Wildman–Crippen LogP) is 3.78. The van der Waals surface area contributed by atoms with E-state index in [1.807, 2.05) is 13.0 Å². The highest BCUT2D eigenvalue weighted by atomic mass is 16.3. The largest absolute Gasteiger partial charge is 0.508 e. The maximum atomic E-state index is 9.47. The van der Waals surface area contributed by atoms with Gasteiger partial charge in [0, 0.05) is 30.5 Å². The molecule has 0 aliphatic carbocycles. The SMILES string of the molecule is Cc1cc(O)ccc1NC1CCN(c2ccccc2)CC1. The van der Waals surface area contributed by atoms with Crippen LogP contribution in [0.15, 0.2) is 48.5 Å². The van der Waals surface area contributed by atoms with Gasteiger partial charge in [0.2, 0.25) is 0 Å². The molecule has 0 spiro atoms. The summed E-state index contributed by atoms with van der Waals surface area (Å²) in [6.07, 6.45) is 2.27. The van der Waals surface area contributed by atoms with E-state index in [0.29, 0.717) is 11.8 Å². The molecule has 1 heterocycles. The van der Waals surface area contributed by atoms with Gasteiger partial charge >= 0.3 is 0 Å². The Bertz CT molecular complexity index is 589. The summed E-state index contributed by atoms with van der Waals surface area (Å²) in [6.45, 7) is 4.19. The van der Waals surface area contributed by atoms with Crippen LogP contribution in [-0.4, -0.2) is 24.2 Å². The van der Waals surface area contributed by atoms with Crippen molar-refractivity contribution in [1.29, 1.82) is 0 Å². The number of para-hydroxylation sites is 1. The van der Waals surface area contributed by atoms with E-state index < -0.39 is 0 Å². The molecule has 0 aromatic heterocycles. The van der Waals surface area contributed by atoms with E-state index in [9.17, 15) is 5.11 Å².